The van der Waals surface area contributed by atoms with Crippen LogP contribution >= 0.6 is 0 Å². The molecule has 4 N–H and O–H groups in total. The number of H-pyrrole nitrogens is 2. The van der Waals surface area contributed by atoms with Crippen molar-refractivity contribution in [3.63, 3.8) is 0 Å². The molecule has 4 rings (SSSR count). The molecule has 0 saturated carbocycles. The lowest BCUT2D eigenvalue weighted by atomic mass is 10.1. The van der Waals surface area contributed by atoms with Crippen LogP contribution in [-0.4, -0.2) is 27.8 Å². The SMILES string of the molecule is COc1ccc2[nH]c(C(C)=Nc3ccc(-c4cnc(N)[nH]4)cc3)cc2c1. The Hall–Kier alpha value is -3.54. The first-order valence-corrected chi connectivity index (χ1v) is 8.26. The number of methoxy groups -OCH3 is 1. The minimum Gasteiger partial charge on any atom is -0.497 e. The zero-order chi connectivity index (χ0) is 18.1. The maximum Gasteiger partial charge on any atom is 0.197 e. The first kappa shape index (κ1) is 16.0. The number of aliphatic imine (C=N–C) groups is 1. The number of imidazole rings is 1. The molecule has 0 aliphatic rings. The Kier molecular flexibility index (Phi) is 3.93. The number of rotatable bonds is 4. The summed E-state index contributed by atoms with van der Waals surface area (Å²) in [6.07, 6.45) is 1.72. The maximum atomic E-state index is 5.63. The lowest BCUT2D eigenvalue weighted by molar-refractivity contribution is 0.415. The third kappa shape index (κ3) is 3.04. The van der Waals surface area contributed by atoms with Gasteiger partial charge >= 0.3 is 0 Å². The molecule has 6 heteroatoms. The second-order valence-electron chi connectivity index (χ2n) is 6.06. The predicted molar refractivity (Wildman–Crippen MR) is 105 cm³/mol. The molecule has 0 atom stereocenters. The maximum absolute atomic E-state index is 5.63. The molecule has 0 amide bonds. The van der Waals surface area contributed by atoms with Crippen molar-refractivity contribution in [3.8, 4) is 17.0 Å². The fourth-order valence-electron chi connectivity index (χ4n) is 2.89. The van der Waals surface area contributed by atoms with Crippen molar-refractivity contribution in [1.82, 2.24) is 15.0 Å². The standard InChI is InChI=1S/C20H19N5O/c1-12(18-10-14-9-16(26-2)7-8-17(14)24-18)23-15-5-3-13(4-6-15)19-11-22-20(21)25-19/h3-11,24H,1-2H3,(H3,21,22,25). The molecule has 0 saturated heterocycles. The zero-order valence-corrected chi connectivity index (χ0v) is 14.6. The summed E-state index contributed by atoms with van der Waals surface area (Å²) in [5.74, 6) is 1.25. The van der Waals surface area contributed by atoms with E-state index in [0.29, 0.717) is 5.95 Å². The normalized spacial score (nSPS) is 11.8. The molecule has 0 aliphatic heterocycles. The van der Waals surface area contributed by atoms with Crippen molar-refractivity contribution < 1.29 is 4.74 Å². The van der Waals surface area contributed by atoms with Gasteiger partial charge in [0.1, 0.15) is 5.75 Å². The van der Waals surface area contributed by atoms with Crippen LogP contribution in [0, 0.1) is 0 Å². The summed E-state index contributed by atoms with van der Waals surface area (Å²) in [6.45, 7) is 1.99. The average Bonchev–Trinajstić information content (AvgIpc) is 3.27. The molecule has 0 spiro atoms. The van der Waals surface area contributed by atoms with Crippen LogP contribution in [-0.2, 0) is 0 Å². The van der Waals surface area contributed by atoms with E-state index in [9.17, 15) is 0 Å². The number of fused-ring (bicyclic) bond motifs is 1. The minimum absolute atomic E-state index is 0.411. The van der Waals surface area contributed by atoms with Gasteiger partial charge in [0.2, 0.25) is 0 Å². The van der Waals surface area contributed by atoms with Gasteiger partial charge in [-0.15, -0.1) is 0 Å². The molecule has 0 radical (unpaired) electrons. The Morgan fingerprint density at radius 3 is 2.58 bits per heavy atom. The molecular formula is C20H19N5O. The van der Waals surface area contributed by atoms with Crippen LogP contribution in [0.4, 0.5) is 11.6 Å². The number of nitrogen functional groups attached to an aromatic ring is 1. The molecule has 2 heterocycles. The van der Waals surface area contributed by atoms with Gasteiger partial charge in [-0.1, -0.05) is 12.1 Å². The predicted octanol–water partition coefficient (Wildman–Crippen LogP) is 4.29. The number of nitrogens with two attached hydrogens (primary N) is 1. The Morgan fingerprint density at radius 1 is 1.08 bits per heavy atom. The largest absolute Gasteiger partial charge is 0.497 e. The van der Waals surface area contributed by atoms with Crippen molar-refractivity contribution >= 4 is 28.3 Å². The van der Waals surface area contributed by atoms with Crippen LogP contribution in [0.3, 0.4) is 0 Å². The van der Waals surface area contributed by atoms with Crippen molar-refractivity contribution in [2.24, 2.45) is 4.99 Å². The lowest BCUT2D eigenvalue weighted by Crippen LogP contribution is -1.93. The van der Waals surface area contributed by atoms with E-state index in [1.807, 2.05) is 49.4 Å². The number of nitrogens with one attached hydrogen (secondary N) is 2. The van der Waals surface area contributed by atoms with E-state index < -0.39 is 0 Å². The highest BCUT2D eigenvalue weighted by molar-refractivity contribution is 6.02. The van der Waals surface area contributed by atoms with Crippen LogP contribution in [0.5, 0.6) is 5.75 Å². The lowest BCUT2D eigenvalue weighted by Gasteiger charge is -2.01. The number of aromatic amines is 2. The van der Waals surface area contributed by atoms with Crippen molar-refractivity contribution in [2.75, 3.05) is 12.8 Å². The fraction of sp³-hybridized carbons (Fsp3) is 0.100. The molecule has 130 valence electrons. The number of anilines is 1. The van der Waals surface area contributed by atoms with Crippen molar-refractivity contribution in [3.05, 3.63) is 60.4 Å². The van der Waals surface area contributed by atoms with Crippen LogP contribution in [0.2, 0.25) is 0 Å². The highest BCUT2D eigenvalue weighted by Gasteiger charge is 2.06. The van der Waals surface area contributed by atoms with Gasteiger partial charge in [0, 0.05) is 10.9 Å². The molecule has 2 aromatic carbocycles. The van der Waals surface area contributed by atoms with Gasteiger partial charge in [-0.05, 0) is 48.9 Å². The van der Waals surface area contributed by atoms with Crippen molar-refractivity contribution in [1.29, 1.82) is 0 Å². The van der Waals surface area contributed by atoms with Crippen LogP contribution < -0.4 is 10.5 Å². The molecule has 0 bridgehead atoms. The van der Waals surface area contributed by atoms with Crippen molar-refractivity contribution in [2.45, 2.75) is 6.92 Å². The number of ether oxygens (including phenoxy) is 1. The number of aromatic nitrogens is 3. The summed E-state index contributed by atoms with van der Waals surface area (Å²) in [6, 6.07) is 16.0. The molecule has 2 aromatic heterocycles. The van der Waals surface area contributed by atoms with Gasteiger partial charge in [-0.3, -0.25) is 4.99 Å². The average molecular weight is 345 g/mol. The number of hydrogen-bond acceptors (Lipinski definition) is 4. The van der Waals surface area contributed by atoms with E-state index >= 15 is 0 Å². The number of nitrogens with zero attached hydrogens (tertiary/aromatic N) is 2. The Labute approximate surface area is 150 Å². The van der Waals surface area contributed by atoms with Crippen LogP contribution in [0.1, 0.15) is 12.6 Å². The first-order chi connectivity index (χ1) is 12.6. The molecule has 0 unspecified atom stereocenters. The minimum atomic E-state index is 0.411. The van der Waals surface area contributed by atoms with Gasteiger partial charge in [0.05, 0.1) is 36.1 Å². The highest BCUT2D eigenvalue weighted by Crippen LogP contribution is 2.24. The quantitative estimate of drug-likeness (QED) is 0.482. The smallest absolute Gasteiger partial charge is 0.197 e. The third-order valence-electron chi connectivity index (χ3n) is 4.29. The van der Waals surface area contributed by atoms with Crippen LogP contribution in [0.15, 0.2) is 59.7 Å². The molecule has 0 aliphatic carbocycles. The van der Waals surface area contributed by atoms with Crippen LogP contribution in [0.25, 0.3) is 22.2 Å². The Bertz CT molecular complexity index is 1090. The van der Waals surface area contributed by atoms with Gasteiger partial charge in [0.25, 0.3) is 0 Å². The summed E-state index contributed by atoms with van der Waals surface area (Å²) < 4.78 is 5.28. The van der Waals surface area contributed by atoms with Gasteiger partial charge in [-0.2, -0.15) is 0 Å². The molecular weight excluding hydrogens is 326 g/mol. The van der Waals surface area contributed by atoms with E-state index in [4.69, 9.17) is 15.5 Å². The summed E-state index contributed by atoms with van der Waals surface area (Å²) >= 11 is 0. The summed E-state index contributed by atoms with van der Waals surface area (Å²) in [7, 11) is 1.67. The monoisotopic (exact) mass is 345 g/mol. The molecule has 4 aromatic rings. The number of hydrogen-bond donors (Lipinski definition) is 3. The van der Waals surface area contributed by atoms with Gasteiger partial charge < -0.3 is 20.4 Å². The Morgan fingerprint density at radius 2 is 1.88 bits per heavy atom. The zero-order valence-electron chi connectivity index (χ0n) is 14.6. The molecule has 0 fully saturated rings. The second kappa shape index (κ2) is 6.40. The summed E-state index contributed by atoms with van der Waals surface area (Å²) in [5, 5.41) is 1.10. The van der Waals surface area contributed by atoms with Gasteiger partial charge in [-0.25, -0.2) is 4.98 Å². The highest BCUT2D eigenvalue weighted by atomic mass is 16.5. The van der Waals surface area contributed by atoms with E-state index in [0.717, 1.165) is 45.0 Å². The second-order valence-corrected chi connectivity index (χ2v) is 6.06. The topological polar surface area (TPSA) is 92.1 Å². The molecule has 6 nitrogen and oxygen atoms in total. The third-order valence-corrected chi connectivity index (χ3v) is 4.29. The number of benzene rings is 2. The fourth-order valence-corrected chi connectivity index (χ4v) is 2.89. The van der Waals surface area contributed by atoms with E-state index in [1.54, 1.807) is 13.3 Å². The van der Waals surface area contributed by atoms with E-state index in [2.05, 4.69) is 21.0 Å². The first-order valence-electron chi connectivity index (χ1n) is 8.26. The summed E-state index contributed by atoms with van der Waals surface area (Å²) in [5.41, 5.74) is 11.4. The summed E-state index contributed by atoms with van der Waals surface area (Å²) in [4.78, 5) is 15.1. The van der Waals surface area contributed by atoms with E-state index in [-0.39, 0.29) is 0 Å². The molecule has 26 heavy (non-hydrogen) atoms. The van der Waals surface area contributed by atoms with E-state index in [1.165, 1.54) is 0 Å². The Balaban J connectivity index is 1.61. The van der Waals surface area contributed by atoms with Gasteiger partial charge in [0.15, 0.2) is 5.95 Å².